The van der Waals surface area contributed by atoms with Crippen LogP contribution in [0, 0.1) is 14.9 Å². The van der Waals surface area contributed by atoms with Crippen LogP contribution >= 0.6 is 0 Å². The molecule has 0 aliphatic heterocycles. The maximum atomic E-state index is 10.0. The molecule has 0 unspecified atom stereocenters. The number of aliphatic hydroxyl groups is 1. The Kier molecular flexibility index (Phi) is 44.0. The third-order valence-corrected chi connectivity index (χ3v) is 0.987. The molecule has 2 nitrogen and oxygen atoms in total. The summed E-state index contributed by atoms with van der Waals surface area (Å²) in [5.74, 6) is -0.0625. The van der Waals surface area contributed by atoms with Gasteiger partial charge >= 0.3 is 19.5 Å². The molecule has 0 amide bonds. The van der Waals surface area contributed by atoms with Crippen molar-refractivity contribution in [3.63, 3.8) is 0 Å². The van der Waals surface area contributed by atoms with Crippen molar-refractivity contribution in [3.8, 4) is 0 Å². The largest absolute Gasteiger partial charge is 2.00 e. The Bertz CT molecular complexity index is 184. The molecule has 0 fully saturated rings. The van der Waals surface area contributed by atoms with Crippen LogP contribution in [0.15, 0.2) is 37.1 Å². The summed E-state index contributed by atoms with van der Waals surface area (Å²) in [6.07, 6.45) is 7.07. The molecule has 0 bridgehead atoms. The molecule has 0 heterocycles. The molecular weight excluding hydrogens is 289 g/mol. The molecule has 1 N–H and O–H groups in total. The molecule has 0 radical (unpaired) electrons. The first-order valence-corrected chi connectivity index (χ1v) is 4.14. The molecule has 16 heavy (non-hydrogen) atoms. The molecule has 0 aliphatic rings. The van der Waals surface area contributed by atoms with Crippen LogP contribution in [-0.2, 0) is 24.3 Å². The minimum Gasteiger partial charge on any atom is -0.512 e. The van der Waals surface area contributed by atoms with Gasteiger partial charge in [-0.1, -0.05) is 12.2 Å². The fourth-order valence-corrected chi connectivity index (χ4v) is 0.530. The van der Waals surface area contributed by atoms with E-state index in [9.17, 15) is 4.79 Å². The predicted molar refractivity (Wildman–Crippen MR) is 69.5 cm³/mol. The number of aliphatic hydroxyl groups excluding tert-OH is 1. The molecule has 0 saturated heterocycles. The van der Waals surface area contributed by atoms with Gasteiger partial charge in [0.1, 0.15) is 0 Å². The Morgan fingerprint density at radius 2 is 1.44 bits per heavy atom. The van der Waals surface area contributed by atoms with Crippen LogP contribution in [-0.4, -0.2) is 10.9 Å². The van der Waals surface area contributed by atoms with Crippen LogP contribution in [0.4, 0.5) is 0 Å². The van der Waals surface area contributed by atoms with E-state index in [0.717, 1.165) is 12.8 Å². The SMILES string of the molecule is C=CCCC=C.CC(=O)C=C(C)O.[CH3-].[CH3-].[Ru+2]. The van der Waals surface area contributed by atoms with E-state index in [1.165, 1.54) is 19.9 Å². The summed E-state index contributed by atoms with van der Waals surface area (Å²) in [6, 6.07) is 0. The van der Waals surface area contributed by atoms with E-state index < -0.39 is 0 Å². The van der Waals surface area contributed by atoms with Crippen molar-refractivity contribution in [1.82, 2.24) is 0 Å². The third kappa shape index (κ3) is 50.6. The first kappa shape index (κ1) is 29.5. The van der Waals surface area contributed by atoms with Gasteiger partial charge in [0.05, 0.1) is 5.76 Å². The summed E-state index contributed by atoms with van der Waals surface area (Å²) < 4.78 is 0. The smallest absolute Gasteiger partial charge is 0.512 e. The Balaban J connectivity index is -0.0000000428. The van der Waals surface area contributed by atoms with Gasteiger partial charge in [0.25, 0.3) is 0 Å². The zero-order valence-electron chi connectivity index (χ0n) is 10.8. The number of ketones is 1. The van der Waals surface area contributed by atoms with Crippen molar-refractivity contribution in [2.45, 2.75) is 26.7 Å². The number of unbranched alkanes of at least 4 members (excludes halogenated alkanes) is 1. The predicted octanol–water partition coefficient (Wildman–Crippen LogP) is 4.07. The summed E-state index contributed by atoms with van der Waals surface area (Å²) in [4.78, 5) is 10.0. The average molecular weight is 313 g/mol. The minimum absolute atomic E-state index is 0. The Labute approximate surface area is 114 Å². The molecular formula is C13H24O2Ru. The monoisotopic (exact) mass is 314 g/mol. The number of hydrogen-bond acceptors (Lipinski definition) is 2. The van der Waals surface area contributed by atoms with Gasteiger partial charge in [0, 0.05) is 6.08 Å². The Hall–Kier alpha value is -0.687. The van der Waals surface area contributed by atoms with Crippen LogP contribution in [0.3, 0.4) is 0 Å². The van der Waals surface area contributed by atoms with E-state index in [1.54, 1.807) is 0 Å². The van der Waals surface area contributed by atoms with E-state index in [1.807, 2.05) is 12.2 Å². The summed E-state index contributed by atoms with van der Waals surface area (Å²) in [5.41, 5.74) is 0. The van der Waals surface area contributed by atoms with E-state index in [4.69, 9.17) is 5.11 Å². The summed E-state index contributed by atoms with van der Waals surface area (Å²) in [5, 5.41) is 8.36. The Morgan fingerprint density at radius 1 is 1.12 bits per heavy atom. The van der Waals surface area contributed by atoms with Gasteiger partial charge in [-0.25, -0.2) is 0 Å². The molecule has 0 atom stereocenters. The quantitative estimate of drug-likeness (QED) is 0.212. The maximum absolute atomic E-state index is 10.0. The minimum atomic E-state index is -0.125. The van der Waals surface area contributed by atoms with Crippen LogP contribution in [0.5, 0.6) is 0 Å². The molecule has 0 aromatic rings. The number of hydrogen-bond donors (Lipinski definition) is 1. The Morgan fingerprint density at radius 3 is 1.50 bits per heavy atom. The van der Waals surface area contributed by atoms with Crippen molar-refractivity contribution in [2.24, 2.45) is 0 Å². The fraction of sp³-hybridized carbons (Fsp3) is 0.308. The second-order valence-electron chi connectivity index (χ2n) is 2.55. The van der Waals surface area contributed by atoms with Gasteiger partial charge in [-0.3, -0.25) is 4.79 Å². The third-order valence-electron chi connectivity index (χ3n) is 0.987. The molecule has 0 aliphatic carbocycles. The standard InChI is InChI=1S/C6H10.C5H8O2.2CH3.Ru/c1-3-5-6-4-2;1-4(6)3-5(2)7;;;/h3-4H,1-2,5-6H2;3,6H,1-2H3;2*1H3;/q;;2*-1;+2. The number of carbonyl (C=O) groups is 1. The maximum Gasteiger partial charge on any atom is 2.00 e. The van der Waals surface area contributed by atoms with Crippen molar-refractivity contribution in [1.29, 1.82) is 0 Å². The molecule has 0 saturated carbocycles. The number of carbonyl (C=O) groups excluding carboxylic acids is 1. The first-order chi connectivity index (χ1) is 6.04. The van der Waals surface area contributed by atoms with Crippen molar-refractivity contribution >= 4 is 5.78 Å². The van der Waals surface area contributed by atoms with Crippen molar-refractivity contribution < 1.29 is 29.4 Å². The molecule has 3 heteroatoms. The fourth-order valence-electron chi connectivity index (χ4n) is 0.530. The second kappa shape index (κ2) is 23.9. The molecule has 0 rings (SSSR count). The van der Waals surface area contributed by atoms with Crippen molar-refractivity contribution in [3.05, 3.63) is 52.0 Å². The van der Waals surface area contributed by atoms with Gasteiger partial charge in [-0.15, -0.1) is 13.2 Å². The number of rotatable bonds is 4. The van der Waals surface area contributed by atoms with Gasteiger partial charge in [-0.2, -0.15) is 0 Å². The van der Waals surface area contributed by atoms with E-state index in [2.05, 4.69) is 13.2 Å². The molecule has 0 aromatic heterocycles. The van der Waals surface area contributed by atoms with E-state index >= 15 is 0 Å². The van der Waals surface area contributed by atoms with E-state index in [-0.39, 0.29) is 45.9 Å². The van der Waals surface area contributed by atoms with Crippen LogP contribution in [0.1, 0.15) is 26.7 Å². The van der Waals surface area contributed by atoms with Crippen LogP contribution < -0.4 is 0 Å². The second-order valence-corrected chi connectivity index (χ2v) is 2.55. The van der Waals surface area contributed by atoms with Gasteiger partial charge in [0.15, 0.2) is 5.78 Å². The average Bonchev–Trinajstić information content (AvgIpc) is 1.99. The number of allylic oxidation sites excluding steroid dienone is 4. The zero-order valence-corrected chi connectivity index (χ0v) is 12.5. The van der Waals surface area contributed by atoms with Crippen LogP contribution in [0.2, 0.25) is 0 Å². The molecule has 0 spiro atoms. The van der Waals surface area contributed by atoms with E-state index in [0.29, 0.717) is 0 Å². The van der Waals surface area contributed by atoms with Gasteiger partial charge < -0.3 is 20.0 Å². The first-order valence-electron chi connectivity index (χ1n) is 4.14. The summed E-state index contributed by atoms with van der Waals surface area (Å²) in [6.45, 7) is 9.95. The molecule has 96 valence electrons. The van der Waals surface area contributed by atoms with Crippen LogP contribution in [0.25, 0.3) is 0 Å². The molecule has 0 aromatic carbocycles. The van der Waals surface area contributed by atoms with Crippen molar-refractivity contribution in [2.75, 3.05) is 0 Å². The zero-order chi connectivity index (χ0) is 10.7. The van der Waals surface area contributed by atoms with Gasteiger partial charge in [0.2, 0.25) is 0 Å². The summed E-state index contributed by atoms with van der Waals surface area (Å²) >= 11 is 0. The van der Waals surface area contributed by atoms with Gasteiger partial charge in [-0.05, 0) is 26.7 Å². The normalized spacial score (nSPS) is 7.75. The summed E-state index contributed by atoms with van der Waals surface area (Å²) in [7, 11) is 0. The topological polar surface area (TPSA) is 37.3 Å².